The molecule has 62 valence electrons. The molecule has 4 nitrogen and oxygen atoms in total. The fraction of sp³-hybridized carbons (Fsp3) is 0.667. The van der Waals surface area contributed by atoms with Gasteiger partial charge in [-0.3, -0.25) is 9.59 Å². The fourth-order valence-corrected chi connectivity index (χ4v) is 1.73. The Balaban J connectivity index is 2.26. The van der Waals surface area contributed by atoms with Crippen LogP contribution in [0.2, 0.25) is 0 Å². The van der Waals surface area contributed by atoms with Gasteiger partial charge in [0.05, 0.1) is 6.04 Å². The number of alkyl halides is 1. The van der Waals surface area contributed by atoms with E-state index in [-0.39, 0.29) is 21.9 Å². The molecular weight excluding hydrogens is 259 g/mol. The number of carbonyl (C=O) groups is 2. The predicted molar refractivity (Wildman–Crippen MR) is 48.2 cm³/mol. The molecule has 0 aliphatic carbocycles. The molecule has 2 N–H and O–H groups in total. The molecular formula is C6H9IN2O2. The molecule has 0 bridgehead atoms. The highest BCUT2D eigenvalue weighted by Crippen LogP contribution is 2.13. The third kappa shape index (κ3) is 2.32. The first kappa shape index (κ1) is 8.76. The standard InChI is InChI=1S/C6H9IN2O2/c1-3(10)8-6(7)4-2-5(11)9-4/h4,6H,2H2,1H3,(H,8,10)(H,9,11). The number of hydrogen-bond acceptors (Lipinski definition) is 2. The van der Waals surface area contributed by atoms with Crippen molar-refractivity contribution in [3.63, 3.8) is 0 Å². The molecule has 0 aromatic rings. The lowest BCUT2D eigenvalue weighted by Gasteiger charge is -2.31. The average Bonchev–Trinajstić information content (AvgIpc) is 1.79. The van der Waals surface area contributed by atoms with Crippen LogP contribution in [0.5, 0.6) is 0 Å². The first-order valence-corrected chi connectivity index (χ1v) is 4.54. The van der Waals surface area contributed by atoms with E-state index < -0.39 is 0 Å². The van der Waals surface area contributed by atoms with Gasteiger partial charge in [-0.05, 0) is 0 Å². The first-order valence-electron chi connectivity index (χ1n) is 3.30. The molecule has 0 aromatic carbocycles. The largest absolute Gasteiger partial charge is 0.350 e. The van der Waals surface area contributed by atoms with Gasteiger partial charge < -0.3 is 10.6 Å². The number of hydrogen-bond donors (Lipinski definition) is 2. The van der Waals surface area contributed by atoms with Crippen molar-refractivity contribution in [2.24, 2.45) is 0 Å². The predicted octanol–water partition coefficient (Wildman–Crippen LogP) is -0.228. The molecule has 1 saturated heterocycles. The van der Waals surface area contributed by atoms with Gasteiger partial charge in [-0.25, -0.2) is 0 Å². The first-order chi connectivity index (χ1) is 5.09. The van der Waals surface area contributed by atoms with Gasteiger partial charge in [0, 0.05) is 13.3 Å². The van der Waals surface area contributed by atoms with Crippen molar-refractivity contribution in [1.82, 2.24) is 10.6 Å². The van der Waals surface area contributed by atoms with Gasteiger partial charge in [-0.2, -0.15) is 0 Å². The lowest BCUT2D eigenvalue weighted by molar-refractivity contribution is -0.129. The maximum atomic E-state index is 10.6. The lowest BCUT2D eigenvalue weighted by Crippen LogP contribution is -2.57. The maximum absolute atomic E-state index is 10.6. The number of amides is 2. The van der Waals surface area contributed by atoms with Crippen molar-refractivity contribution in [3.05, 3.63) is 0 Å². The van der Waals surface area contributed by atoms with Gasteiger partial charge in [0.2, 0.25) is 11.8 Å². The van der Waals surface area contributed by atoms with Crippen molar-refractivity contribution < 1.29 is 9.59 Å². The number of halogens is 1. The molecule has 2 amide bonds. The monoisotopic (exact) mass is 268 g/mol. The minimum atomic E-state index is -0.0643. The van der Waals surface area contributed by atoms with E-state index in [1.807, 2.05) is 0 Å². The second-order valence-corrected chi connectivity index (χ2v) is 3.82. The number of carbonyl (C=O) groups excluding carboxylic acids is 2. The number of β-lactam (4-membered cyclic amide) rings is 1. The van der Waals surface area contributed by atoms with Crippen LogP contribution in [-0.2, 0) is 9.59 Å². The molecule has 0 saturated carbocycles. The van der Waals surface area contributed by atoms with Crippen LogP contribution in [0.15, 0.2) is 0 Å². The van der Waals surface area contributed by atoms with Gasteiger partial charge in [0.1, 0.15) is 4.05 Å². The van der Waals surface area contributed by atoms with E-state index in [0.29, 0.717) is 6.42 Å². The molecule has 0 spiro atoms. The Morgan fingerprint density at radius 2 is 2.45 bits per heavy atom. The molecule has 1 aliphatic heterocycles. The molecule has 2 unspecified atom stereocenters. The van der Waals surface area contributed by atoms with Crippen LogP contribution in [-0.4, -0.2) is 21.9 Å². The van der Waals surface area contributed by atoms with Crippen LogP contribution in [0.3, 0.4) is 0 Å². The summed E-state index contributed by atoms with van der Waals surface area (Å²) in [6.07, 6.45) is 0.522. The summed E-state index contributed by atoms with van der Waals surface area (Å²) >= 11 is 2.10. The Morgan fingerprint density at radius 1 is 1.91 bits per heavy atom. The van der Waals surface area contributed by atoms with Crippen molar-refractivity contribution in [3.8, 4) is 0 Å². The van der Waals surface area contributed by atoms with Crippen LogP contribution in [0, 0.1) is 0 Å². The van der Waals surface area contributed by atoms with Gasteiger partial charge in [-0.15, -0.1) is 0 Å². The van der Waals surface area contributed by atoms with Crippen LogP contribution in [0.25, 0.3) is 0 Å². The van der Waals surface area contributed by atoms with Gasteiger partial charge in [0.15, 0.2) is 0 Å². The molecule has 1 fully saturated rings. The summed E-state index contributed by atoms with van der Waals surface area (Å²) in [4.78, 5) is 21.0. The van der Waals surface area contributed by atoms with Gasteiger partial charge in [0.25, 0.3) is 0 Å². The smallest absolute Gasteiger partial charge is 0.222 e. The topological polar surface area (TPSA) is 58.2 Å². The summed E-state index contributed by atoms with van der Waals surface area (Å²) in [6.45, 7) is 1.46. The quantitative estimate of drug-likeness (QED) is 0.314. The summed E-state index contributed by atoms with van der Waals surface area (Å²) in [5, 5.41) is 5.38. The van der Waals surface area contributed by atoms with Gasteiger partial charge in [-0.1, -0.05) is 22.6 Å². The summed E-state index contributed by atoms with van der Waals surface area (Å²) in [5.74, 6) is -0.00688. The van der Waals surface area contributed by atoms with E-state index in [9.17, 15) is 9.59 Å². The van der Waals surface area contributed by atoms with Crippen LogP contribution in [0.1, 0.15) is 13.3 Å². The van der Waals surface area contributed by atoms with Crippen molar-refractivity contribution in [2.45, 2.75) is 23.4 Å². The minimum Gasteiger partial charge on any atom is -0.350 e. The molecule has 5 heteroatoms. The normalized spacial score (nSPS) is 24.9. The minimum absolute atomic E-state index is 0.0165. The number of nitrogens with one attached hydrogen (secondary N) is 2. The zero-order valence-corrected chi connectivity index (χ0v) is 8.21. The van der Waals surface area contributed by atoms with E-state index in [0.717, 1.165) is 0 Å². The van der Waals surface area contributed by atoms with E-state index in [4.69, 9.17) is 0 Å². The number of rotatable bonds is 2. The zero-order valence-electron chi connectivity index (χ0n) is 6.06. The molecule has 2 atom stereocenters. The molecule has 0 radical (unpaired) electrons. The van der Waals surface area contributed by atoms with E-state index in [1.54, 1.807) is 0 Å². The summed E-state index contributed by atoms with van der Waals surface area (Å²) in [6, 6.07) is 0.118. The zero-order chi connectivity index (χ0) is 8.43. The van der Waals surface area contributed by atoms with Gasteiger partial charge >= 0.3 is 0 Å². The molecule has 11 heavy (non-hydrogen) atoms. The second kappa shape index (κ2) is 3.38. The Bertz CT molecular complexity index is 187. The summed E-state index contributed by atoms with van der Waals surface area (Å²) in [5.41, 5.74) is 0. The summed E-state index contributed by atoms with van der Waals surface area (Å²) in [7, 11) is 0. The van der Waals surface area contributed by atoms with Crippen molar-refractivity contribution in [2.75, 3.05) is 0 Å². The molecule has 1 rings (SSSR count). The maximum Gasteiger partial charge on any atom is 0.222 e. The van der Waals surface area contributed by atoms with Crippen LogP contribution >= 0.6 is 22.6 Å². The highest BCUT2D eigenvalue weighted by molar-refractivity contribution is 14.1. The van der Waals surface area contributed by atoms with Crippen LogP contribution in [0.4, 0.5) is 0 Å². The third-order valence-corrected chi connectivity index (χ3v) is 2.63. The summed E-state index contributed by atoms with van der Waals surface area (Å²) < 4.78 is 0.0165. The highest BCUT2D eigenvalue weighted by atomic mass is 127. The second-order valence-electron chi connectivity index (χ2n) is 2.48. The van der Waals surface area contributed by atoms with E-state index in [2.05, 4.69) is 33.2 Å². The van der Waals surface area contributed by atoms with E-state index >= 15 is 0 Å². The van der Waals surface area contributed by atoms with Crippen molar-refractivity contribution >= 4 is 34.4 Å². The SMILES string of the molecule is CC(=O)NC(I)C1CC(=O)N1. The molecule has 1 heterocycles. The Hall–Kier alpha value is -0.330. The molecule has 0 aromatic heterocycles. The Kier molecular flexibility index (Phi) is 2.69. The Labute approximate surface area is 78.2 Å². The fourth-order valence-electron chi connectivity index (χ4n) is 0.857. The lowest BCUT2D eigenvalue weighted by atomic mass is 10.1. The molecule has 1 aliphatic rings. The van der Waals surface area contributed by atoms with Crippen LogP contribution < -0.4 is 10.6 Å². The van der Waals surface area contributed by atoms with E-state index in [1.165, 1.54) is 6.92 Å². The third-order valence-electron chi connectivity index (χ3n) is 1.45. The van der Waals surface area contributed by atoms with Crippen molar-refractivity contribution in [1.29, 1.82) is 0 Å². The highest BCUT2D eigenvalue weighted by Gasteiger charge is 2.31. The average molecular weight is 268 g/mol. The Morgan fingerprint density at radius 3 is 2.82 bits per heavy atom.